The number of halogens is 1. The molecule has 1 aliphatic heterocycles. The van der Waals surface area contributed by atoms with Crippen LogP contribution in [-0.4, -0.2) is 18.4 Å². The first-order chi connectivity index (χ1) is 11.4. The second-order valence-electron chi connectivity index (χ2n) is 5.38. The molecule has 2 N–H and O–H groups in total. The summed E-state index contributed by atoms with van der Waals surface area (Å²) in [5.74, 6) is 0.874. The number of fused-ring (bicyclic) bond motifs is 1. The van der Waals surface area contributed by atoms with Crippen LogP contribution in [0.1, 0.15) is 27.4 Å². The van der Waals surface area contributed by atoms with Crippen LogP contribution < -0.4 is 15.6 Å². The molecule has 6 nitrogen and oxygen atoms in total. The third-order valence-corrected chi connectivity index (χ3v) is 3.79. The van der Waals surface area contributed by atoms with Crippen molar-refractivity contribution in [3.8, 4) is 5.75 Å². The van der Waals surface area contributed by atoms with Crippen LogP contribution >= 0.6 is 11.6 Å². The minimum atomic E-state index is -0.452. The zero-order valence-corrected chi connectivity index (χ0v) is 13.9. The molecule has 0 unspecified atom stereocenters. The van der Waals surface area contributed by atoms with Gasteiger partial charge in [0.1, 0.15) is 23.9 Å². The maximum atomic E-state index is 12.2. The molecule has 124 valence electrons. The van der Waals surface area contributed by atoms with Crippen molar-refractivity contribution >= 4 is 29.5 Å². The molecule has 0 saturated heterocycles. The molecule has 1 aliphatic rings. The Kier molecular flexibility index (Phi) is 4.31. The lowest BCUT2D eigenvalue weighted by Crippen LogP contribution is -2.43. The topological polar surface area (TPSA) is 80.6 Å². The fourth-order valence-corrected chi connectivity index (χ4v) is 2.58. The van der Waals surface area contributed by atoms with Gasteiger partial charge in [0.2, 0.25) is 0 Å². The van der Waals surface area contributed by atoms with Gasteiger partial charge in [0.05, 0.1) is 11.1 Å². The van der Waals surface area contributed by atoms with Crippen LogP contribution in [0.2, 0.25) is 5.02 Å². The molecule has 2 heterocycles. The quantitative estimate of drug-likeness (QED) is 0.819. The number of ether oxygens (including phenoxy) is 1. The molecule has 1 aromatic carbocycles. The minimum Gasteiger partial charge on any atom is -0.488 e. The lowest BCUT2D eigenvalue weighted by Gasteiger charge is -2.18. The minimum absolute atomic E-state index is 0.111. The van der Waals surface area contributed by atoms with Crippen molar-refractivity contribution in [1.29, 1.82) is 0 Å². The summed E-state index contributed by atoms with van der Waals surface area (Å²) in [6, 6.07) is 6.78. The third kappa shape index (κ3) is 3.28. The van der Waals surface area contributed by atoms with E-state index in [-0.39, 0.29) is 6.61 Å². The van der Waals surface area contributed by atoms with Gasteiger partial charge in [-0.2, -0.15) is 0 Å². The van der Waals surface area contributed by atoms with E-state index in [1.807, 2.05) is 0 Å². The third-order valence-electron chi connectivity index (χ3n) is 3.55. The molecule has 7 heteroatoms. The van der Waals surface area contributed by atoms with E-state index >= 15 is 0 Å². The van der Waals surface area contributed by atoms with E-state index in [9.17, 15) is 9.59 Å². The molecule has 0 fully saturated rings. The molecule has 0 atom stereocenters. The Morgan fingerprint density at radius 3 is 2.58 bits per heavy atom. The molecule has 0 radical (unpaired) electrons. The maximum Gasteiger partial charge on any atom is 0.273 e. The monoisotopic (exact) mass is 346 g/mol. The van der Waals surface area contributed by atoms with Crippen molar-refractivity contribution in [2.24, 2.45) is 0 Å². The molecule has 0 bridgehead atoms. The van der Waals surface area contributed by atoms with E-state index < -0.39 is 11.8 Å². The highest BCUT2D eigenvalue weighted by Gasteiger charge is 2.19. The van der Waals surface area contributed by atoms with Gasteiger partial charge in [-0.1, -0.05) is 11.6 Å². The van der Waals surface area contributed by atoms with E-state index in [1.54, 1.807) is 44.2 Å². The zero-order valence-electron chi connectivity index (χ0n) is 13.1. The number of aryl methyl sites for hydroxylation is 2. The second kappa shape index (κ2) is 6.41. The van der Waals surface area contributed by atoms with E-state index in [2.05, 4.69) is 10.9 Å². The van der Waals surface area contributed by atoms with Gasteiger partial charge in [-0.3, -0.25) is 20.4 Å². The molecule has 3 rings (SSSR count). The van der Waals surface area contributed by atoms with E-state index in [0.717, 1.165) is 0 Å². The summed E-state index contributed by atoms with van der Waals surface area (Å²) >= 11 is 5.94. The van der Waals surface area contributed by atoms with Gasteiger partial charge in [0.25, 0.3) is 11.8 Å². The number of amides is 2. The summed E-state index contributed by atoms with van der Waals surface area (Å²) in [5.41, 5.74) is 6.20. The SMILES string of the molecule is Cc1cc(C(=O)NNC(=O)C2=Cc3cc(Cl)ccc3OC2)c(C)o1. The summed E-state index contributed by atoms with van der Waals surface area (Å²) in [7, 11) is 0. The molecule has 0 aliphatic carbocycles. The number of hydrazine groups is 1. The number of carbonyl (C=O) groups excluding carboxylic acids is 2. The first kappa shape index (κ1) is 16.1. The van der Waals surface area contributed by atoms with E-state index in [4.69, 9.17) is 20.8 Å². The van der Waals surface area contributed by atoms with Crippen LogP contribution in [-0.2, 0) is 4.79 Å². The van der Waals surface area contributed by atoms with Crippen LogP contribution in [0.5, 0.6) is 5.75 Å². The lowest BCUT2D eigenvalue weighted by atomic mass is 10.1. The number of furan rings is 1. The Balaban J connectivity index is 1.67. The molecule has 1 aromatic heterocycles. The first-order valence-electron chi connectivity index (χ1n) is 7.24. The van der Waals surface area contributed by atoms with Crippen molar-refractivity contribution in [1.82, 2.24) is 10.9 Å². The Morgan fingerprint density at radius 2 is 1.88 bits per heavy atom. The Labute approximate surface area is 143 Å². The average molecular weight is 347 g/mol. The summed E-state index contributed by atoms with van der Waals surface area (Å²) < 4.78 is 10.8. The predicted octanol–water partition coefficient (Wildman–Crippen LogP) is 2.79. The molecular weight excluding hydrogens is 332 g/mol. The molecule has 0 spiro atoms. The van der Waals surface area contributed by atoms with Gasteiger partial charge in [-0.05, 0) is 44.2 Å². The van der Waals surface area contributed by atoms with Gasteiger partial charge < -0.3 is 9.15 Å². The predicted molar refractivity (Wildman–Crippen MR) is 88.7 cm³/mol. The zero-order chi connectivity index (χ0) is 17.3. The van der Waals surface area contributed by atoms with Crippen LogP contribution in [0, 0.1) is 13.8 Å². The number of carbonyl (C=O) groups is 2. The van der Waals surface area contributed by atoms with Gasteiger partial charge in [-0.25, -0.2) is 0 Å². The largest absolute Gasteiger partial charge is 0.488 e. The Bertz CT molecular complexity index is 854. The second-order valence-corrected chi connectivity index (χ2v) is 5.81. The van der Waals surface area contributed by atoms with Crippen LogP contribution in [0.15, 0.2) is 34.3 Å². The maximum absolute atomic E-state index is 12.2. The fourth-order valence-electron chi connectivity index (χ4n) is 2.40. The Morgan fingerprint density at radius 1 is 1.12 bits per heavy atom. The number of benzene rings is 1. The number of hydrogen-bond donors (Lipinski definition) is 2. The van der Waals surface area contributed by atoms with Crippen molar-refractivity contribution < 1.29 is 18.7 Å². The lowest BCUT2D eigenvalue weighted by molar-refractivity contribution is -0.118. The molecule has 24 heavy (non-hydrogen) atoms. The molecule has 2 aromatic rings. The summed E-state index contributed by atoms with van der Waals surface area (Å²) in [5, 5.41) is 0.550. The van der Waals surface area contributed by atoms with Crippen molar-refractivity contribution in [2.75, 3.05) is 6.61 Å². The van der Waals surface area contributed by atoms with Gasteiger partial charge in [0.15, 0.2) is 0 Å². The molecule has 0 saturated carbocycles. The summed E-state index contributed by atoms with van der Waals surface area (Å²) in [4.78, 5) is 24.2. The van der Waals surface area contributed by atoms with Crippen molar-refractivity contribution in [3.63, 3.8) is 0 Å². The van der Waals surface area contributed by atoms with Crippen molar-refractivity contribution in [3.05, 3.63) is 57.5 Å². The van der Waals surface area contributed by atoms with Crippen LogP contribution in [0.3, 0.4) is 0 Å². The Hall–Kier alpha value is -2.73. The summed E-state index contributed by atoms with van der Waals surface area (Å²) in [6.07, 6.45) is 1.68. The number of nitrogens with one attached hydrogen (secondary N) is 2. The molecular formula is C17H15ClN2O4. The van der Waals surface area contributed by atoms with Gasteiger partial charge in [0, 0.05) is 10.6 Å². The van der Waals surface area contributed by atoms with E-state index in [0.29, 0.717) is 39.0 Å². The van der Waals surface area contributed by atoms with E-state index in [1.165, 1.54) is 0 Å². The number of hydrogen-bond acceptors (Lipinski definition) is 4. The summed E-state index contributed by atoms with van der Waals surface area (Å²) in [6.45, 7) is 3.54. The fraction of sp³-hybridized carbons (Fsp3) is 0.176. The van der Waals surface area contributed by atoms with Gasteiger partial charge in [-0.15, -0.1) is 0 Å². The van der Waals surface area contributed by atoms with Crippen LogP contribution in [0.4, 0.5) is 0 Å². The van der Waals surface area contributed by atoms with Crippen LogP contribution in [0.25, 0.3) is 6.08 Å². The molecule has 2 amide bonds. The van der Waals surface area contributed by atoms with Gasteiger partial charge >= 0.3 is 0 Å². The highest BCUT2D eigenvalue weighted by Crippen LogP contribution is 2.28. The smallest absolute Gasteiger partial charge is 0.273 e. The van der Waals surface area contributed by atoms with Crippen molar-refractivity contribution in [2.45, 2.75) is 13.8 Å². The standard InChI is InChI=1S/C17H15ClN2O4/c1-9-5-14(10(2)24-9)17(22)20-19-16(21)12-6-11-7-13(18)3-4-15(11)23-8-12/h3-7H,8H2,1-2H3,(H,19,21)(H,20,22). The average Bonchev–Trinajstić information content (AvgIpc) is 2.90. The number of rotatable bonds is 2. The normalized spacial score (nSPS) is 12.7. The highest BCUT2D eigenvalue weighted by atomic mass is 35.5. The highest BCUT2D eigenvalue weighted by molar-refractivity contribution is 6.30. The first-order valence-corrected chi connectivity index (χ1v) is 7.62.